The Labute approximate surface area is 194 Å². The molecule has 0 aliphatic rings. The summed E-state index contributed by atoms with van der Waals surface area (Å²) < 4.78 is 7.18. The van der Waals surface area contributed by atoms with Gasteiger partial charge < -0.3 is 14.6 Å². The molecule has 1 amide bonds. The van der Waals surface area contributed by atoms with Crippen molar-refractivity contribution in [3.63, 3.8) is 0 Å². The third kappa shape index (κ3) is 5.87. The highest BCUT2D eigenvalue weighted by molar-refractivity contribution is 7.99. The molecule has 0 aliphatic heterocycles. The summed E-state index contributed by atoms with van der Waals surface area (Å²) >= 11 is 1.22. The summed E-state index contributed by atoms with van der Waals surface area (Å²) in [7, 11) is 1.60. The maximum atomic E-state index is 12.5. The lowest BCUT2D eigenvalue weighted by Gasteiger charge is -2.13. The Bertz CT molecular complexity index is 1200. The van der Waals surface area contributed by atoms with E-state index >= 15 is 0 Å². The van der Waals surface area contributed by atoms with Crippen molar-refractivity contribution in [2.45, 2.75) is 25.5 Å². The number of amides is 1. The van der Waals surface area contributed by atoms with Gasteiger partial charge in [0, 0.05) is 24.2 Å². The van der Waals surface area contributed by atoms with Gasteiger partial charge in [-0.1, -0.05) is 25.6 Å². The predicted molar refractivity (Wildman–Crippen MR) is 124 cm³/mol. The van der Waals surface area contributed by atoms with Gasteiger partial charge in [-0.3, -0.25) is 14.9 Å². The molecule has 0 aliphatic carbocycles. The van der Waals surface area contributed by atoms with Gasteiger partial charge in [-0.25, -0.2) is 0 Å². The number of anilines is 1. The molecule has 2 aromatic carbocycles. The largest absolute Gasteiger partial charge is 0.497 e. The van der Waals surface area contributed by atoms with Crippen LogP contribution in [-0.4, -0.2) is 38.5 Å². The molecule has 11 heteroatoms. The first-order chi connectivity index (χ1) is 15.8. The van der Waals surface area contributed by atoms with Crippen LogP contribution < -0.4 is 10.1 Å². The Morgan fingerprint density at radius 2 is 2.00 bits per heavy atom. The number of hydrogen-bond acceptors (Lipinski definition) is 8. The van der Waals surface area contributed by atoms with Crippen LogP contribution in [0.4, 0.5) is 11.4 Å². The number of nitro benzene ring substituents is 1. The summed E-state index contributed by atoms with van der Waals surface area (Å²) in [6, 6.07) is 13.1. The monoisotopic (exact) mass is 466 g/mol. The molecule has 0 saturated carbocycles. The Morgan fingerprint density at radius 1 is 1.27 bits per heavy atom. The van der Waals surface area contributed by atoms with Crippen LogP contribution in [0.3, 0.4) is 0 Å². The number of thioether (sulfide) groups is 1. The molecular formula is C22H22N6O4S. The number of nitriles is 1. The van der Waals surface area contributed by atoms with E-state index in [0.29, 0.717) is 23.4 Å². The number of nitro groups is 1. The molecule has 170 valence electrons. The van der Waals surface area contributed by atoms with Gasteiger partial charge in [-0.2, -0.15) is 5.26 Å². The van der Waals surface area contributed by atoms with E-state index in [0.717, 1.165) is 17.4 Å². The van der Waals surface area contributed by atoms with Crippen LogP contribution in [-0.2, 0) is 11.3 Å². The second-order valence-corrected chi connectivity index (χ2v) is 8.42. The smallest absolute Gasteiger partial charge is 0.270 e. The fourth-order valence-electron chi connectivity index (χ4n) is 3.04. The Balaban J connectivity index is 1.75. The van der Waals surface area contributed by atoms with Crippen molar-refractivity contribution < 1.29 is 14.5 Å². The summed E-state index contributed by atoms with van der Waals surface area (Å²) in [5.41, 5.74) is 0.903. The quantitative estimate of drug-likeness (QED) is 0.282. The highest BCUT2D eigenvalue weighted by Gasteiger charge is 2.18. The second kappa shape index (κ2) is 10.6. The van der Waals surface area contributed by atoms with Gasteiger partial charge in [-0.05, 0) is 36.2 Å². The van der Waals surface area contributed by atoms with E-state index < -0.39 is 4.92 Å². The van der Waals surface area contributed by atoms with Gasteiger partial charge >= 0.3 is 0 Å². The summed E-state index contributed by atoms with van der Waals surface area (Å²) in [6.07, 6.45) is 0. The van der Waals surface area contributed by atoms with Crippen LogP contribution >= 0.6 is 11.8 Å². The number of non-ortho nitro benzene ring substituents is 1. The molecule has 0 bridgehead atoms. The molecule has 1 N–H and O–H groups in total. The zero-order chi connectivity index (χ0) is 24.0. The number of ether oxygens (including phenoxy) is 1. The van der Waals surface area contributed by atoms with E-state index in [1.54, 1.807) is 7.11 Å². The number of carbonyl (C=O) groups excluding carboxylic acids is 1. The lowest BCUT2D eigenvalue weighted by atomic mass is 10.1. The van der Waals surface area contributed by atoms with Crippen molar-refractivity contribution in [2.24, 2.45) is 5.92 Å². The standard InChI is InChI=1S/C22H22N6O4S/c1-14(2)12-27-21(15-4-7-18(32-3)8-5-15)25-26-22(27)33-13-20(29)24-19-9-6-17(28(30)31)10-16(19)11-23/h4-10,14H,12-13H2,1-3H3,(H,24,29). The molecule has 3 aromatic rings. The molecule has 10 nitrogen and oxygen atoms in total. The summed E-state index contributed by atoms with van der Waals surface area (Å²) in [5, 5.41) is 32.0. The molecule has 0 saturated heterocycles. The van der Waals surface area contributed by atoms with Crippen molar-refractivity contribution in [2.75, 3.05) is 18.2 Å². The van der Waals surface area contributed by atoms with E-state index in [1.807, 2.05) is 34.9 Å². The van der Waals surface area contributed by atoms with Crippen LogP contribution in [0.2, 0.25) is 0 Å². The first-order valence-corrected chi connectivity index (χ1v) is 11.0. The van der Waals surface area contributed by atoms with Crippen molar-refractivity contribution in [1.29, 1.82) is 5.26 Å². The SMILES string of the molecule is COc1ccc(-c2nnc(SCC(=O)Nc3ccc([N+](=O)[O-])cc3C#N)n2CC(C)C)cc1. The van der Waals surface area contributed by atoms with Gasteiger partial charge in [0.25, 0.3) is 5.69 Å². The third-order valence-electron chi connectivity index (χ3n) is 4.55. The normalized spacial score (nSPS) is 10.6. The van der Waals surface area contributed by atoms with E-state index in [4.69, 9.17) is 4.74 Å². The number of benzene rings is 2. The van der Waals surface area contributed by atoms with Gasteiger partial charge in [0.1, 0.15) is 11.8 Å². The predicted octanol–water partition coefficient (Wildman–Crippen LogP) is 4.12. The van der Waals surface area contributed by atoms with Gasteiger partial charge in [0.15, 0.2) is 11.0 Å². The summed E-state index contributed by atoms with van der Waals surface area (Å²) in [6.45, 7) is 4.83. The molecule has 1 aromatic heterocycles. The zero-order valence-corrected chi connectivity index (χ0v) is 19.1. The molecule has 0 unspecified atom stereocenters. The van der Waals surface area contributed by atoms with Gasteiger partial charge in [0.2, 0.25) is 5.91 Å². The number of carbonyl (C=O) groups is 1. The first-order valence-electron chi connectivity index (χ1n) is 10.0. The van der Waals surface area contributed by atoms with E-state index in [2.05, 4.69) is 29.4 Å². The van der Waals surface area contributed by atoms with E-state index in [-0.39, 0.29) is 28.6 Å². The molecule has 1 heterocycles. The molecule has 0 spiro atoms. The van der Waals surface area contributed by atoms with E-state index in [1.165, 1.54) is 23.9 Å². The van der Waals surface area contributed by atoms with Crippen molar-refractivity contribution in [3.8, 4) is 23.2 Å². The van der Waals surface area contributed by atoms with Crippen LogP contribution in [0, 0.1) is 27.4 Å². The Morgan fingerprint density at radius 3 is 2.61 bits per heavy atom. The third-order valence-corrected chi connectivity index (χ3v) is 5.52. The summed E-state index contributed by atoms with van der Waals surface area (Å²) in [4.78, 5) is 22.8. The van der Waals surface area contributed by atoms with Gasteiger partial charge in [-0.15, -0.1) is 10.2 Å². The first kappa shape index (κ1) is 23.7. The van der Waals surface area contributed by atoms with Crippen LogP contribution in [0.25, 0.3) is 11.4 Å². The average molecular weight is 467 g/mol. The van der Waals surface area contributed by atoms with E-state index in [9.17, 15) is 20.2 Å². The number of aromatic nitrogens is 3. The maximum Gasteiger partial charge on any atom is 0.270 e. The Kier molecular flexibility index (Phi) is 7.63. The summed E-state index contributed by atoms with van der Waals surface area (Å²) in [5.74, 6) is 1.42. The minimum Gasteiger partial charge on any atom is -0.497 e. The molecule has 33 heavy (non-hydrogen) atoms. The van der Waals surface area contributed by atoms with Crippen molar-refractivity contribution >= 4 is 29.0 Å². The minimum atomic E-state index is -0.593. The van der Waals surface area contributed by atoms with Crippen molar-refractivity contribution in [3.05, 3.63) is 58.1 Å². The molecule has 0 radical (unpaired) electrons. The Hall–Kier alpha value is -3.91. The number of hydrogen-bond donors (Lipinski definition) is 1. The highest BCUT2D eigenvalue weighted by atomic mass is 32.2. The molecule has 3 rings (SSSR count). The van der Waals surface area contributed by atoms with Crippen LogP contribution in [0.15, 0.2) is 47.6 Å². The fraction of sp³-hybridized carbons (Fsp3) is 0.273. The fourth-order valence-corrected chi connectivity index (χ4v) is 3.79. The zero-order valence-electron chi connectivity index (χ0n) is 18.3. The number of methoxy groups -OCH3 is 1. The lowest BCUT2D eigenvalue weighted by molar-refractivity contribution is -0.384. The lowest BCUT2D eigenvalue weighted by Crippen LogP contribution is -2.16. The molecule has 0 atom stereocenters. The van der Waals surface area contributed by atoms with Gasteiger partial charge in [0.05, 0.1) is 29.0 Å². The number of nitrogens with zero attached hydrogens (tertiary/aromatic N) is 5. The number of rotatable bonds is 9. The highest BCUT2D eigenvalue weighted by Crippen LogP contribution is 2.27. The number of nitrogens with one attached hydrogen (secondary N) is 1. The molecular weight excluding hydrogens is 444 g/mol. The average Bonchev–Trinajstić information content (AvgIpc) is 3.19. The second-order valence-electron chi connectivity index (χ2n) is 7.47. The van der Waals surface area contributed by atoms with Crippen molar-refractivity contribution in [1.82, 2.24) is 14.8 Å². The molecule has 0 fully saturated rings. The minimum absolute atomic E-state index is 0.0207. The maximum absolute atomic E-state index is 12.5. The topological polar surface area (TPSA) is 136 Å². The van der Waals surface area contributed by atoms with Crippen LogP contribution in [0.5, 0.6) is 5.75 Å². The van der Waals surface area contributed by atoms with Crippen LogP contribution in [0.1, 0.15) is 19.4 Å².